The van der Waals surface area contributed by atoms with Crippen LogP contribution < -0.4 is 4.72 Å². The van der Waals surface area contributed by atoms with Crippen LogP contribution in [0.25, 0.3) is 0 Å². The maximum Gasteiger partial charge on any atom is 0.240 e. The summed E-state index contributed by atoms with van der Waals surface area (Å²) in [4.78, 5) is 0.273. The van der Waals surface area contributed by atoms with Crippen molar-refractivity contribution in [2.24, 2.45) is 0 Å². The highest BCUT2D eigenvalue weighted by atomic mass is 79.9. The molecule has 0 aromatic heterocycles. The zero-order valence-electron chi connectivity index (χ0n) is 8.11. The Morgan fingerprint density at radius 3 is 2.47 bits per heavy atom. The summed E-state index contributed by atoms with van der Waals surface area (Å²) in [6, 6.07) is 6.50. The predicted octanol–water partition coefficient (Wildman–Crippen LogP) is 2.30. The topological polar surface area (TPSA) is 46.2 Å². The van der Waals surface area contributed by atoms with Gasteiger partial charge >= 0.3 is 0 Å². The van der Waals surface area contributed by atoms with Crippen molar-refractivity contribution in [3.63, 3.8) is 0 Å². The largest absolute Gasteiger partial charge is 0.240 e. The van der Waals surface area contributed by atoms with Crippen molar-refractivity contribution in [3.8, 4) is 0 Å². The van der Waals surface area contributed by atoms with Crippen molar-refractivity contribution in [2.75, 3.05) is 6.54 Å². The average Bonchev–Trinajstić information content (AvgIpc) is 2.18. The molecule has 0 atom stereocenters. The smallest absolute Gasteiger partial charge is 0.211 e. The van der Waals surface area contributed by atoms with Crippen molar-refractivity contribution in [1.29, 1.82) is 0 Å². The van der Waals surface area contributed by atoms with E-state index in [2.05, 4.69) is 27.2 Å². The van der Waals surface area contributed by atoms with E-state index in [1.54, 1.807) is 30.3 Å². The Hall–Kier alpha value is -0.650. The number of halogens is 1. The van der Waals surface area contributed by atoms with Crippen LogP contribution >= 0.6 is 15.9 Å². The summed E-state index contributed by atoms with van der Waals surface area (Å²) in [5.74, 6) is 0. The van der Waals surface area contributed by atoms with Crippen LogP contribution in [0.3, 0.4) is 0 Å². The summed E-state index contributed by atoms with van der Waals surface area (Å²) in [5, 5.41) is 0. The van der Waals surface area contributed by atoms with Gasteiger partial charge in [0.05, 0.1) is 4.90 Å². The Morgan fingerprint density at radius 2 is 1.93 bits per heavy atom. The Bertz CT molecular complexity index is 425. The monoisotopic (exact) mass is 289 g/mol. The second-order valence-corrected chi connectivity index (χ2v) is 5.61. The van der Waals surface area contributed by atoms with Gasteiger partial charge in [0.2, 0.25) is 10.0 Å². The number of hydrogen-bond acceptors (Lipinski definition) is 2. The van der Waals surface area contributed by atoms with Gasteiger partial charge in [0.1, 0.15) is 0 Å². The number of hydrogen-bond donors (Lipinski definition) is 1. The lowest BCUT2D eigenvalue weighted by atomic mass is 10.4. The third-order valence-corrected chi connectivity index (χ3v) is 3.77. The maximum absolute atomic E-state index is 11.7. The summed E-state index contributed by atoms with van der Waals surface area (Å²) >= 11 is 3.25. The van der Waals surface area contributed by atoms with E-state index >= 15 is 0 Å². The first-order valence-corrected chi connectivity index (χ1v) is 6.70. The van der Waals surface area contributed by atoms with Gasteiger partial charge in [0.25, 0.3) is 0 Å². The van der Waals surface area contributed by atoms with Gasteiger partial charge in [0, 0.05) is 11.0 Å². The average molecular weight is 290 g/mol. The summed E-state index contributed by atoms with van der Waals surface area (Å²) in [6.07, 6.45) is 2.29. The molecule has 0 saturated carbocycles. The number of rotatable bonds is 5. The second kappa shape index (κ2) is 5.44. The summed E-state index contributed by atoms with van der Waals surface area (Å²) in [6.45, 7) is 3.90. The highest BCUT2D eigenvalue weighted by Gasteiger charge is 2.11. The Kier molecular flexibility index (Phi) is 4.50. The van der Waals surface area contributed by atoms with Crippen molar-refractivity contribution >= 4 is 26.0 Å². The van der Waals surface area contributed by atoms with Crippen LogP contribution in [0.15, 0.2) is 46.3 Å². The molecule has 0 amide bonds. The van der Waals surface area contributed by atoms with Gasteiger partial charge in [-0.05, 0) is 30.7 Å². The molecule has 1 aromatic rings. The van der Waals surface area contributed by atoms with Crippen LogP contribution in [0.4, 0.5) is 0 Å². The van der Waals surface area contributed by atoms with E-state index < -0.39 is 10.0 Å². The summed E-state index contributed by atoms with van der Waals surface area (Å²) in [7, 11) is -3.37. The lowest BCUT2D eigenvalue weighted by molar-refractivity contribution is 0.582. The number of sulfonamides is 1. The van der Waals surface area contributed by atoms with Crippen molar-refractivity contribution in [2.45, 2.75) is 11.3 Å². The molecule has 0 spiro atoms. The summed E-state index contributed by atoms with van der Waals surface area (Å²) < 4.78 is 26.7. The van der Waals surface area contributed by atoms with Crippen LogP contribution in [0, 0.1) is 0 Å². The highest BCUT2D eigenvalue weighted by molar-refractivity contribution is 9.10. The molecule has 0 radical (unpaired) electrons. The van der Waals surface area contributed by atoms with Gasteiger partial charge in [-0.25, -0.2) is 13.1 Å². The van der Waals surface area contributed by atoms with E-state index in [1.165, 1.54) is 0 Å². The molecule has 1 rings (SSSR count). The lowest BCUT2D eigenvalue weighted by Gasteiger charge is -2.05. The van der Waals surface area contributed by atoms with Crippen LogP contribution in [0.5, 0.6) is 0 Å². The molecule has 0 unspecified atom stereocenters. The van der Waals surface area contributed by atoms with Crippen molar-refractivity contribution in [3.05, 3.63) is 41.4 Å². The normalized spacial score (nSPS) is 11.3. The first kappa shape index (κ1) is 12.4. The lowest BCUT2D eigenvalue weighted by Crippen LogP contribution is -2.24. The Labute approximate surface area is 98.4 Å². The molecule has 3 nitrogen and oxygen atoms in total. The predicted molar refractivity (Wildman–Crippen MR) is 64.1 cm³/mol. The van der Waals surface area contributed by atoms with E-state index in [0.717, 1.165) is 4.47 Å². The van der Waals surface area contributed by atoms with Gasteiger partial charge in [0.15, 0.2) is 0 Å². The van der Waals surface area contributed by atoms with Gasteiger partial charge in [-0.15, -0.1) is 6.58 Å². The van der Waals surface area contributed by atoms with E-state index in [-0.39, 0.29) is 4.90 Å². The van der Waals surface area contributed by atoms with Crippen LogP contribution in [-0.4, -0.2) is 15.0 Å². The van der Waals surface area contributed by atoms with E-state index in [9.17, 15) is 8.42 Å². The van der Waals surface area contributed by atoms with Gasteiger partial charge in [-0.1, -0.05) is 22.0 Å². The molecule has 1 aromatic carbocycles. The third kappa shape index (κ3) is 3.77. The fourth-order valence-corrected chi connectivity index (χ4v) is 2.30. The SMILES string of the molecule is C=CCCNS(=O)(=O)c1ccc(Br)cc1. The third-order valence-electron chi connectivity index (χ3n) is 1.76. The van der Waals surface area contributed by atoms with Gasteiger partial charge in [-0.3, -0.25) is 0 Å². The van der Waals surface area contributed by atoms with Crippen LogP contribution in [0.1, 0.15) is 6.42 Å². The molecule has 0 fully saturated rings. The van der Waals surface area contributed by atoms with Crippen molar-refractivity contribution < 1.29 is 8.42 Å². The molecule has 0 heterocycles. The Balaban J connectivity index is 2.77. The minimum Gasteiger partial charge on any atom is -0.211 e. The zero-order valence-corrected chi connectivity index (χ0v) is 10.5. The fourth-order valence-electron chi connectivity index (χ4n) is 0.992. The van der Waals surface area contributed by atoms with E-state index in [0.29, 0.717) is 13.0 Å². The molecule has 15 heavy (non-hydrogen) atoms. The Morgan fingerprint density at radius 1 is 1.33 bits per heavy atom. The molecule has 0 aliphatic heterocycles. The number of benzene rings is 1. The standard InChI is InChI=1S/C10H12BrNO2S/c1-2-3-8-12-15(13,14)10-6-4-9(11)5-7-10/h2,4-7,12H,1,3,8H2. The van der Waals surface area contributed by atoms with Gasteiger partial charge < -0.3 is 0 Å². The molecule has 0 bridgehead atoms. The number of nitrogens with one attached hydrogen (secondary N) is 1. The zero-order chi connectivity index (χ0) is 11.3. The molecule has 0 aliphatic rings. The molecule has 1 N–H and O–H groups in total. The van der Waals surface area contributed by atoms with E-state index in [4.69, 9.17) is 0 Å². The quantitative estimate of drug-likeness (QED) is 0.668. The maximum atomic E-state index is 11.7. The van der Waals surface area contributed by atoms with Gasteiger partial charge in [-0.2, -0.15) is 0 Å². The van der Waals surface area contributed by atoms with Crippen LogP contribution in [-0.2, 0) is 10.0 Å². The van der Waals surface area contributed by atoms with E-state index in [1.807, 2.05) is 0 Å². The minimum atomic E-state index is -3.37. The highest BCUT2D eigenvalue weighted by Crippen LogP contribution is 2.14. The molecule has 5 heteroatoms. The molecule has 82 valence electrons. The molecule has 0 saturated heterocycles. The summed E-state index contributed by atoms with van der Waals surface area (Å²) in [5.41, 5.74) is 0. The van der Waals surface area contributed by atoms with Crippen molar-refractivity contribution in [1.82, 2.24) is 4.72 Å². The minimum absolute atomic E-state index is 0.273. The second-order valence-electron chi connectivity index (χ2n) is 2.93. The molecular formula is C10H12BrNO2S. The first-order valence-electron chi connectivity index (χ1n) is 4.42. The fraction of sp³-hybridized carbons (Fsp3) is 0.200. The first-order chi connectivity index (χ1) is 7.06. The molecule has 0 aliphatic carbocycles. The van der Waals surface area contributed by atoms with Crippen LogP contribution in [0.2, 0.25) is 0 Å². The molecular weight excluding hydrogens is 278 g/mol.